The molecule has 0 spiro atoms. The van der Waals surface area contributed by atoms with E-state index in [1.165, 1.54) is 0 Å². The molecule has 80 valence electrons. The SMILES string of the molecule is CCOC(=O)Cc1ccc(N)c(C=O)n1. The third kappa shape index (κ3) is 3.05. The zero-order chi connectivity index (χ0) is 11.3. The first-order valence-electron chi connectivity index (χ1n) is 4.53. The molecule has 5 heteroatoms. The van der Waals surface area contributed by atoms with Crippen molar-refractivity contribution in [3.8, 4) is 0 Å². The minimum absolute atomic E-state index is 0.0506. The maximum absolute atomic E-state index is 11.1. The summed E-state index contributed by atoms with van der Waals surface area (Å²) in [5.41, 5.74) is 6.41. The van der Waals surface area contributed by atoms with Crippen LogP contribution in [-0.4, -0.2) is 23.8 Å². The summed E-state index contributed by atoms with van der Waals surface area (Å²) in [6.07, 6.45) is 0.610. The van der Waals surface area contributed by atoms with Crippen molar-refractivity contribution in [1.82, 2.24) is 4.98 Å². The van der Waals surface area contributed by atoms with Crippen LogP contribution in [0.25, 0.3) is 0 Å². The summed E-state index contributed by atoms with van der Waals surface area (Å²) >= 11 is 0. The number of nitrogens with zero attached hydrogens (tertiary/aromatic N) is 1. The maximum Gasteiger partial charge on any atom is 0.311 e. The molecule has 1 aromatic heterocycles. The molecule has 0 fully saturated rings. The van der Waals surface area contributed by atoms with Gasteiger partial charge in [-0.3, -0.25) is 9.59 Å². The highest BCUT2D eigenvalue weighted by atomic mass is 16.5. The van der Waals surface area contributed by atoms with Crippen LogP contribution in [0.1, 0.15) is 23.1 Å². The molecule has 0 aliphatic heterocycles. The van der Waals surface area contributed by atoms with Gasteiger partial charge in [-0.15, -0.1) is 0 Å². The topological polar surface area (TPSA) is 82.3 Å². The van der Waals surface area contributed by atoms with Crippen molar-refractivity contribution in [2.24, 2.45) is 0 Å². The molecule has 1 aromatic rings. The second-order valence-electron chi connectivity index (χ2n) is 2.88. The van der Waals surface area contributed by atoms with Gasteiger partial charge in [0, 0.05) is 0 Å². The number of nitrogens with two attached hydrogens (primary N) is 1. The number of ether oxygens (including phenoxy) is 1. The standard InChI is InChI=1S/C10H12N2O3/c1-2-15-10(14)5-7-3-4-8(11)9(6-13)12-7/h3-4,6H,2,5,11H2,1H3. The van der Waals surface area contributed by atoms with Crippen molar-refractivity contribution in [2.75, 3.05) is 12.3 Å². The smallest absolute Gasteiger partial charge is 0.311 e. The number of anilines is 1. The summed E-state index contributed by atoms with van der Waals surface area (Å²) in [5, 5.41) is 0. The number of nitrogen functional groups attached to an aromatic ring is 1. The average Bonchev–Trinajstić information content (AvgIpc) is 2.21. The molecule has 2 N–H and O–H groups in total. The fraction of sp³-hybridized carbons (Fsp3) is 0.300. The van der Waals surface area contributed by atoms with E-state index in [1.807, 2.05) is 0 Å². The molecule has 0 aliphatic rings. The first-order valence-corrected chi connectivity index (χ1v) is 4.53. The largest absolute Gasteiger partial charge is 0.466 e. The van der Waals surface area contributed by atoms with Gasteiger partial charge >= 0.3 is 5.97 Å². The summed E-state index contributed by atoms with van der Waals surface area (Å²) < 4.78 is 4.75. The molecule has 0 saturated heterocycles. The van der Waals surface area contributed by atoms with E-state index >= 15 is 0 Å². The molecule has 0 amide bonds. The quantitative estimate of drug-likeness (QED) is 0.578. The minimum Gasteiger partial charge on any atom is -0.466 e. The van der Waals surface area contributed by atoms with Gasteiger partial charge in [-0.1, -0.05) is 0 Å². The number of aromatic nitrogens is 1. The summed E-state index contributed by atoms with van der Waals surface area (Å²) in [4.78, 5) is 25.6. The predicted octanol–water partition coefficient (Wildman–Crippen LogP) is 0.582. The van der Waals surface area contributed by atoms with Crippen LogP contribution in [-0.2, 0) is 16.0 Å². The van der Waals surface area contributed by atoms with Gasteiger partial charge in [0.05, 0.1) is 24.4 Å². The number of carbonyl (C=O) groups is 2. The van der Waals surface area contributed by atoms with E-state index in [0.717, 1.165) is 0 Å². The Morgan fingerprint density at radius 1 is 1.60 bits per heavy atom. The van der Waals surface area contributed by atoms with E-state index in [2.05, 4.69) is 4.98 Å². The van der Waals surface area contributed by atoms with E-state index in [0.29, 0.717) is 24.3 Å². The lowest BCUT2D eigenvalue weighted by Crippen LogP contribution is -2.10. The molecule has 0 aliphatic carbocycles. The third-order valence-electron chi connectivity index (χ3n) is 1.76. The van der Waals surface area contributed by atoms with Crippen LogP contribution in [0.2, 0.25) is 0 Å². The Morgan fingerprint density at radius 3 is 2.93 bits per heavy atom. The predicted molar refractivity (Wildman–Crippen MR) is 54.4 cm³/mol. The molecule has 0 radical (unpaired) electrons. The lowest BCUT2D eigenvalue weighted by atomic mass is 10.2. The number of rotatable bonds is 4. The molecular weight excluding hydrogens is 196 g/mol. The van der Waals surface area contributed by atoms with Crippen molar-refractivity contribution in [3.63, 3.8) is 0 Å². The molecule has 15 heavy (non-hydrogen) atoms. The summed E-state index contributed by atoms with van der Waals surface area (Å²) in [5.74, 6) is -0.369. The normalized spacial score (nSPS) is 9.67. The minimum atomic E-state index is -0.369. The number of esters is 1. The molecule has 0 aromatic carbocycles. The van der Waals surface area contributed by atoms with Gasteiger partial charge in [-0.05, 0) is 19.1 Å². The molecule has 0 bridgehead atoms. The molecule has 0 saturated carbocycles. The highest BCUT2D eigenvalue weighted by Gasteiger charge is 2.07. The first-order chi connectivity index (χ1) is 7.17. The number of pyridine rings is 1. The Kier molecular flexibility index (Phi) is 3.79. The van der Waals surface area contributed by atoms with Gasteiger partial charge in [0.2, 0.25) is 0 Å². The lowest BCUT2D eigenvalue weighted by molar-refractivity contribution is -0.142. The Balaban J connectivity index is 2.78. The summed E-state index contributed by atoms with van der Waals surface area (Å²) in [6.45, 7) is 2.06. The van der Waals surface area contributed by atoms with Crippen LogP contribution in [0.5, 0.6) is 0 Å². The number of carbonyl (C=O) groups excluding carboxylic acids is 2. The summed E-state index contributed by atoms with van der Waals surface area (Å²) in [6, 6.07) is 3.14. The zero-order valence-electron chi connectivity index (χ0n) is 8.40. The Hall–Kier alpha value is -1.91. The van der Waals surface area contributed by atoms with E-state index in [-0.39, 0.29) is 18.1 Å². The maximum atomic E-state index is 11.1. The van der Waals surface area contributed by atoms with Gasteiger partial charge in [0.1, 0.15) is 5.69 Å². The van der Waals surface area contributed by atoms with Crippen molar-refractivity contribution in [2.45, 2.75) is 13.3 Å². The highest BCUT2D eigenvalue weighted by molar-refractivity contribution is 5.80. The van der Waals surface area contributed by atoms with Gasteiger partial charge in [-0.25, -0.2) is 4.98 Å². The van der Waals surface area contributed by atoms with Gasteiger partial charge in [0.25, 0.3) is 0 Å². The van der Waals surface area contributed by atoms with E-state index in [9.17, 15) is 9.59 Å². The van der Waals surface area contributed by atoms with Crippen LogP contribution in [0.4, 0.5) is 5.69 Å². The Bertz CT molecular complexity index is 377. The van der Waals surface area contributed by atoms with E-state index < -0.39 is 0 Å². The van der Waals surface area contributed by atoms with Crippen LogP contribution in [0.15, 0.2) is 12.1 Å². The highest BCUT2D eigenvalue weighted by Crippen LogP contribution is 2.08. The zero-order valence-corrected chi connectivity index (χ0v) is 8.40. The van der Waals surface area contributed by atoms with Gasteiger partial charge in [0.15, 0.2) is 6.29 Å². The fourth-order valence-corrected chi connectivity index (χ4v) is 1.08. The number of hydrogen-bond donors (Lipinski definition) is 1. The fourth-order valence-electron chi connectivity index (χ4n) is 1.08. The lowest BCUT2D eigenvalue weighted by Gasteiger charge is -2.03. The molecule has 0 unspecified atom stereocenters. The van der Waals surface area contributed by atoms with Gasteiger partial charge < -0.3 is 10.5 Å². The Labute approximate surface area is 87.3 Å². The van der Waals surface area contributed by atoms with Crippen molar-refractivity contribution in [1.29, 1.82) is 0 Å². The molecular formula is C10H12N2O3. The van der Waals surface area contributed by atoms with Gasteiger partial charge in [-0.2, -0.15) is 0 Å². The number of aldehydes is 1. The van der Waals surface area contributed by atoms with Crippen molar-refractivity contribution in [3.05, 3.63) is 23.5 Å². The molecule has 1 rings (SSSR count). The van der Waals surface area contributed by atoms with Crippen LogP contribution in [0, 0.1) is 0 Å². The summed E-state index contributed by atoms with van der Waals surface area (Å²) in [7, 11) is 0. The van der Waals surface area contributed by atoms with Crippen LogP contribution in [0.3, 0.4) is 0 Å². The van der Waals surface area contributed by atoms with Crippen molar-refractivity contribution >= 4 is 17.9 Å². The second-order valence-corrected chi connectivity index (χ2v) is 2.88. The molecule has 1 heterocycles. The second kappa shape index (κ2) is 5.09. The Morgan fingerprint density at radius 2 is 2.33 bits per heavy atom. The third-order valence-corrected chi connectivity index (χ3v) is 1.76. The molecule has 0 atom stereocenters. The average molecular weight is 208 g/mol. The van der Waals surface area contributed by atoms with Crippen molar-refractivity contribution < 1.29 is 14.3 Å². The monoisotopic (exact) mass is 208 g/mol. The van der Waals surface area contributed by atoms with E-state index in [1.54, 1.807) is 19.1 Å². The van der Waals surface area contributed by atoms with Crippen LogP contribution >= 0.6 is 0 Å². The number of hydrogen-bond acceptors (Lipinski definition) is 5. The van der Waals surface area contributed by atoms with Crippen LogP contribution < -0.4 is 5.73 Å². The molecule has 5 nitrogen and oxygen atoms in total. The van der Waals surface area contributed by atoms with E-state index in [4.69, 9.17) is 10.5 Å². The first kappa shape index (κ1) is 11.2.